The van der Waals surface area contributed by atoms with Gasteiger partial charge in [-0.15, -0.1) is 0 Å². The van der Waals surface area contributed by atoms with Gasteiger partial charge in [0.1, 0.15) is 5.54 Å². The van der Waals surface area contributed by atoms with E-state index in [2.05, 4.69) is 5.32 Å². The summed E-state index contributed by atoms with van der Waals surface area (Å²) in [6, 6.07) is -0.221. The van der Waals surface area contributed by atoms with Crippen molar-refractivity contribution >= 4 is 12.0 Å². The molecule has 0 radical (unpaired) electrons. The monoisotopic (exact) mass is 240 g/mol. The van der Waals surface area contributed by atoms with Gasteiger partial charge < -0.3 is 15.3 Å². The standard InChI is InChI=1S/C12H20N2O3/c1-12(10(15)16,9-5-6-9)13-11(17)14-7-3-2-4-8-14/h9H,2-8H2,1H3,(H,13,17)(H,15,16). The third-order valence-corrected chi connectivity index (χ3v) is 3.85. The second-order valence-corrected chi connectivity index (χ2v) is 5.26. The topological polar surface area (TPSA) is 69.6 Å². The summed E-state index contributed by atoms with van der Waals surface area (Å²) >= 11 is 0. The quantitative estimate of drug-likeness (QED) is 0.784. The molecule has 1 saturated carbocycles. The first-order valence-electron chi connectivity index (χ1n) is 6.34. The maximum absolute atomic E-state index is 12.0. The second-order valence-electron chi connectivity index (χ2n) is 5.26. The van der Waals surface area contributed by atoms with Crippen molar-refractivity contribution in [1.29, 1.82) is 0 Å². The maximum Gasteiger partial charge on any atom is 0.329 e. The lowest BCUT2D eigenvalue weighted by molar-refractivity contribution is -0.144. The molecule has 2 rings (SSSR count). The summed E-state index contributed by atoms with van der Waals surface area (Å²) in [5.41, 5.74) is -1.09. The van der Waals surface area contributed by atoms with E-state index in [1.54, 1.807) is 11.8 Å². The fraction of sp³-hybridized carbons (Fsp3) is 0.833. The molecule has 1 aliphatic carbocycles. The lowest BCUT2D eigenvalue weighted by Gasteiger charge is -2.32. The van der Waals surface area contributed by atoms with Gasteiger partial charge in [0.2, 0.25) is 0 Å². The number of nitrogens with one attached hydrogen (secondary N) is 1. The van der Waals surface area contributed by atoms with Gasteiger partial charge in [-0.1, -0.05) is 0 Å². The average molecular weight is 240 g/mol. The van der Waals surface area contributed by atoms with E-state index >= 15 is 0 Å². The highest BCUT2D eigenvalue weighted by atomic mass is 16.4. The number of rotatable bonds is 3. The van der Waals surface area contributed by atoms with Crippen LogP contribution >= 0.6 is 0 Å². The molecule has 0 aromatic carbocycles. The minimum absolute atomic E-state index is 0.0914. The van der Waals surface area contributed by atoms with E-state index in [4.69, 9.17) is 0 Å². The molecule has 96 valence electrons. The van der Waals surface area contributed by atoms with Crippen molar-refractivity contribution in [2.75, 3.05) is 13.1 Å². The summed E-state index contributed by atoms with van der Waals surface area (Å²) in [7, 11) is 0. The molecule has 0 aromatic rings. The molecular weight excluding hydrogens is 220 g/mol. The van der Waals surface area contributed by atoms with Crippen molar-refractivity contribution in [3.63, 3.8) is 0 Å². The molecule has 5 heteroatoms. The Morgan fingerprint density at radius 3 is 2.29 bits per heavy atom. The molecule has 1 saturated heterocycles. The van der Waals surface area contributed by atoms with Crippen molar-refractivity contribution in [3.8, 4) is 0 Å². The Morgan fingerprint density at radius 1 is 1.24 bits per heavy atom. The summed E-state index contributed by atoms with van der Waals surface area (Å²) in [6.07, 6.45) is 4.97. The molecule has 17 heavy (non-hydrogen) atoms. The van der Waals surface area contributed by atoms with Gasteiger partial charge in [-0.3, -0.25) is 0 Å². The summed E-state index contributed by atoms with van der Waals surface area (Å²) in [5, 5.41) is 12.0. The van der Waals surface area contributed by atoms with E-state index in [1.165, 1.54) is 0 Å². The van der Waals surface area contributed by atoms with Crippen LogP contribution in [0.1, 0.15) is 39.0 Å². The number of hydrogen-bond donors (Lipinski definition) is 2. The van der Waals surface area contributed by atoms with Crippen LogP contribution in [0.3, 0.4) is 0 Å². The van der Waals surface area contributed by atoms with E-state index in [9.17, 15) is 14.7 Å². The fourth-order valence-electron chi connectivity index (χ4n) is 2.39. The van der Waals surface area contributed by atoms with Crippen LogP contribution in [-0.2, 0) is 4.79 Å². The minimum atomic E-state index is -1.09. The highest BCUT2D eigenvalue weighted by Gasteiger charge is 2.49. The molecule has 2 N–H and O–H groups in total. The molecule has 0 spiro atoms. The van der Waals surface area contributed by atoms with Crippen LogP contribution in [0, 0.1) is 5.92 Å². The highest BCUT2D eigenvalue weighted by Crippen LogP contribution is 2.39. The maximum atomic E-state index is 12.0. The Kier molecular flexibility index (Phi) is 3.26. The first-order valence-corrected chi connectivity index (χ1v) is 6.34. The summed E-state index contributed by atoms with van der Waals surface area (Å²) in [4.78, 5) is 25.0. The highest BCUT2D eigenvalue weighted by molar-refractivity contribution is 5.86. The zero-order valence-corrected chi connectivity index (χ0v) is 10.2. The number of hydrogen-bond acceptors (Lipinski definition) is 2. The number of carbonyl (C=O) groups excluding carboxylic acids is 1. The van der Waals surface area contributed by atoms with Crippen LogP contribution < -0.4 is 5.32 Å². The number of carboxylic acid groups (broad SMARTS) is 1. The van der Waals surface area contributed by atoms with Crippen molar-refractivity contribution in [2.45, 2.75) is 44.6 Å². The zero-order valence-electron chi connectivity index (χ0n) is 10.2. The molecule has 1 unspecified atom stereocenters. The van der Waals surface area contributed by atoms with Gasteiger partial charge >= 0.3 is 12.0 Å². The Balaban J connectivity index is 1.97. The number of amides is 2. The summed E-state index contributed by atoms with van der Waals surface area (Å²) in [5.74, 6) is -0.834. The molecule has 5 nitrogen and oxygen atoms in total. The van der Waals surface area contributed by atoms with Crippen LogP contribution in [-0.4, -0.2) is 40.6 Å². The van der Waals surface area contributed by atoms with Crippen molar-refractivity contribution < 1.29 is 14.7 Å². The largest absolute Gasteiger partial charge is 0.480 e. The smallest absolute Gasteiger partial charge is 0.329 e. The van der Waals surface area contributed by atoms with Gasteiger partial charge in [0, 0.05) is 13.1 Å². The number of carboxylic acids is 1. The number of likely N-dealkylation sites (tertiary alicyclic amines) is 1. The molecule has 2 fully saturated rings. The third-order valence-electron chi connectivity index (χ3n) is 3.85. The normalized spacial score (nSPS) is 23.9. The molecule has 0 aromatic heterocycles. The Labute approximate surface area is 101 Å². The van der Waals surface area contributed by atoms with Gasteiger partial charge in [0.25, 0.3) is 0 Å². The molecule has 2 amide bonds. The Hall–Kier alpha value is -1.26. The van der Waals surface area contributed by atoms with Crippen LogP contribution in [0.4, 0.5) is 4.79 Å². The molecule has 0 bridgehead atoms. The van der Waals surface area contributed by atoms with Crippen LogP contribution in [0.15, 0.2) is 0 Å². The number of urea groups is 1. The number of carbonyl (C=O) groups is 2. The molecule has 1 aliphatic heterocycles. The Bertz CT molecular complexity index is 322. The average Bonchev–Trinajstić information content (AvgIpc) is 3.13. The second kappa shape index (κ2) is 4.55. The molecule has 2 aliphatic rings. The van der Waals surface area contributed by atoms with Crippen molar-refractivity contribution in [3.05, 3.63) is 0 Å². The van der Waals surface area contributed by atoms with Crippen LogP contribution in [0.5, 0.6) is 0 Å². The number of piperidine rings is 1. The van der Waals surface area contributed by atoms with Gasteiger partial charge in [0.15, 0.2) is 0 Å². The van der Waals surface area contributed by atoms with Gasteiger partial charge in [-0.05, 0) is 44.9 Å². The van der Waals surface area contributed by atoms with Crippen LogP contribution in [0.25, 0.3) is 0 Å². The number of nitrogens with zero attached hydrogens (tertiary/aromatic N) is 1. The fourth-order valence-corrected chi connectivity index (χ4v) is 2.39. The van der Waals surface area contributed by atoms with Crippen LogP contribution in [0.2, 0.25) is 0 Å². The van der Waals surface area contributed by atoms with Crippen molar-refractivity contribution in [2.24, 2.45) is 5.92 Å². The zero-order chi connectivity index (χ0) is 12.5. The van der Waals surface area contributed by atoms with E-state index in [1.807, 2.05) is 0 Å². The summed E-state index contributed by atoms with van der Waals surface area (Å²) in [6.45, 7) is 3.10. The molecular formula is C12H20N2O3. The van der Waals surface area contributed by atoms with Crippen molar-refractivity contribution in [1.82, 2.24) is 10.2 Å². The molecule has 1 atom stereocenters. The minimum Gasteiger partial charge on any atom is -0.480 e. The Morgan fingerprint density at radius 2 is 1.82 bits per heavy atom. The van der Waals surface area contributed by atoms with Gasteiger partial charge in [-0.25, -0.2) is 9.59 Å². The predicted molar refractivity (Wildman–Crippen MR) is 62.7 cm³/mol. The van der Waals surface area contributed by atoms with E-state index < -0.39 is 11.5 Å². The number of aliphatic carboxylic acids is 1. The predicted octanol–water partition coefficient (Wildman–Crippen LogP) is 1.44. The lowest BCUT2D eigenvalue weighted by atomic mass is 9.96. The molecule has 1 heterocycles. The summed E-state index contributed by atoms with van der Waals surface area (Å²) < 4.78 is 0. The van der Waals surface area contributed by atoms with E-state index in [-0.39, 0.29) is 11.9 Å². The SMILES string of the molecule is CC(NC(=O)N1CCCCC1)(C(=O)O)C1CC1. The van der Waals surface area contributed by atoms with Gasteiger partial charge in [0.05, 0.1) is 0 Å². The van der Waals surface area contributed by atoms with E-state index in [0.29, 0.717) is 0 Å². The first kappa shape index (κ1) is 12.2. The van der Waals surface area contributed by atoms with E-state index in [0.717, 1.165) is 45.2 Å². The van der Waals surface area contributed by atoms with Gasteiger partial charge in [-0.2, -0.15) is 0 Å². The first-order chi connectivity index (χ1) is 8.04. The third kappa shape index (κ3) is 2.53. The lowest BCUT2D eigenvalue weighted by Crippen LogP contribution is -2.58.